The Morgan fingerprint density at radius 2 is 1.87 bits per heavy atom. The molecule has 0 spiro atoms. The first kappa shape index (κ1) is 21.3. The monoisotopic (exact) mass is 471 g/mol. The first-order valence-electron chi connectivity index (χ1n) is 9.12. The van der Waals surface area contributed by atoms with E-state index in [1.807, 2.05) is 0 Å². The molecule has 2 N–H and O–H groups in total. The van der Waals surface area contributed by atoms with Crippen LogP contribution in [0.1, 0.15) is 10.4 Å². The Morgan fingerprint density at radius 3 is 2.68 bits per heavy atom. The van der Waals surface area contributed by atoms with Crippen LogP contribution in [0.4, 0.5) is 15.8 Å². The highest BCUT2D eigenvalue weighted by Gasteiger charge is 2.11. The van der Waals surface area contributed by atoms with Crippen molar-refractivity contribution < 1.29 is 14.0 Å². The molecule has 0 aliphatic heterocycles. The smallest absolute Gasteiger partial charge is 0.255 e. The molecule has 0 aliphatic carbocycles. The molecular weight excluding hydrogens is 457 g/mol. The molecule has 0 radical (unpaired) electrons. The molecule has 0 fully saturated rings. The van der Waals surface area contributed by atoms with Crippen LogP contribution in [0.5, 0.6) is 0 Å². The summed E-state index contributed by atoms with van der Waals surface area (Å²) >= 11 is 8.80. The van der Waals surface area contributed by atoms with Gasteiger partial charge in [0.2, 0.25) is 5.91 Å². The standard InChI is InChI=1S/C22H15ClFN3O2S2/c23-16-6-1-2-7-17(16)26-20(28)12-30-22-27-18-9-8-15(11-19(18)31-22)25-21(29)13-4-3-5-14(24)10-13/h1-11H,12H2,(H,25,29)(H,26,28). The summed E-state index contributed by atoms with van der Waals surface area (Å²) in [5.74, 6) is -0.853. The third kappa shape index (κ3) is 5.41. The number of rotatable bonds is 6. The van der Waals surface area contributed by atoms with Crippen LogP contribution in [-0.2, 0) is 4.79 Å². The number of hydrogen-bond acceptors (Lipinski definition) is 5. The molecule has 3 aromatic carbocycles. The van der Waals surface area contributed by atoms with E-state index in [1.54, 1.807) is 48.5 Å². The molecule has 0 bridgehead atoms. The SMILES string of the molecule is O=C(CSc1nc2ccc(NC(=O)c3cccc(F)c3)cc2s1)Nc1ccccc1Cl. The highest BCUT2D eigenvalue weighted by Crippen LogP contribution is 2.31. The molecule has 0 saturated carbocycles. The molecule has 1 heterocycles. The van der Waals surface area contributed by atoms with Gasteiger partial charge in [0.05, 0.1) is 26.7 Å². The highest BCUT2D eigenvalue weighted by atomic mass is 35.5. The minimum Gasteiger partial charge on any atom is -0.324 e. The van der Waals surface area contributed by atoms with Gasteiger partial charge in [0.25, 0.3) is 5.91 Å². The van der Waals surface area contributed by atoms with E-state index in [-0.39, 0.29) is 17.2 Å². The third-order valence-corrected chi connectivity index (χ3v) is 6.68. The molecular formula is C22H15ClFN3O2S2. The summed E-state index contributed by atoms with van der Waals surface area (Å²) in [5.41, 5.74) is 2.16. The first-order chi connectivity index (χ1) is 15.0. The fourth-order valence-corrected chi connectivity index (χ4v) is 4.84. The zero-order chi connectivity index (χ0) is 21.8. The number of carbonyl (C=O) groups excluding carboxylic acids is 2. The predicted octanol–water partition coefficient (Wildman–Crippen LogP) is 6.07. The van der Waals surface area contributed by atoms with Crippen molar-refractivity contribution in [3.8, 4) is 0 Å². The minimum absolute atomic E-state index is 0.180. The minimum atomic E-state index is -0.467. The number of benzene rings is 3. The largest absolute Gasteiger partial charge is 0.324 e. The Hall–Kier alpha value is -2.94. The lowest BCUT2D eigenvalue weighted by atomic mass is 10.2. The number of carbonyl (C=O) groups is 2. The lowest BCUT2D eigenvalue weighted by Crippen LogP contribution is -2.14. The van der Waals surface area contributed by atoms with Crippen LogP contribution in [0.15, 0.2) is 71.1 Å². The van der Waals surface area contributed by atoms with Crippen LogP contribution in [-0.4, -0.2) is 22.6 Å². The van der Waals surface area contributed by atoms with Crippen LogP contribution in [0.25, 0.3) is 10.2 Å². The summed E-state index contributed by atoms with van der Waals surface area (Å²) in [5, 5.41) is 6.02. The van der Waals surface area contributed by atoms with Crippen molar-refractivity contribution in [2.45, 2.75) is 4.34 Å². The Morgan fingerprint density at radius 1 is 1.03 bits per heavy atom. The molecule has 0 saturated heterocycles. The summed E-state index contributed by atoms with van der Waals surface area (Å²) < 4.78 is 14.9. The molecule has 0 aliphatic rings. The van der Waals surface area contributed by atoms with E-state index in [1.165, 1.54) is 41.3 Å². The van der Waals surface area contributed by atoms with E-state index in [2.05, 4.69) is 15.6 Å². The van der Waals surface area contributed by atoms with Gasteiger partial charge in [-0.05, 0) is 48.5 Å². The molecule has 4 aromatic rings. The lowest BCUT2D eigenvalue weighted by Gasteiger charge is -2.05. The van der Waals surface area contributed by atoms with Gasteiger partial charge in [-0.25, -0.2) is 9.37 Å². The maximum Gasteiger partial charge on any atom is 0.255 e. The van der Waals surface area contributed by atoms with E-state index in [9.17, 15) is 14.0 Å². The van der Waals surface area contributed by atoms with Crippen molar-refractivity contribution in [3.05, 3.63) is 83.1 Å². The fourth-order valence-electron chi connectivity index (χ4n) is 2.75. The molecule has 9 heteroatoms. The number of nitrogens with one attached hydrogen (secondary N) is 2. The van der Waals surface area contributed by atoms with Crippen LogP contribution < -0.4 is 10.6 Å². The molecule has 31 heavy (non-hydrogen) atoms. The zero-order valence-electron chi connectivity index (χ0n) is 15.9. The van der Waals surface area contributed by atoms with Crippen LogP contribution in [0.3, 0.4) is 0 Å². The second-order valence-corrected chi connectivity index (χ2v) is 9.10. The van der Waals surface area contributed by atoms with Gasteiger partial charge in [0.15, 0.2) is 4.34 Å². The number of nitrogens with zero attached hydrogens (tertiary/aromatic N) is 1. The molecule has 5 nitrogen and oxygen atoms in total. The van der Waals surface area contributed by atoms with E-state index in [0.29, 0.717) is 16.4 Å². The van der Waals surface area contributed by atoms with Crippen LogP contribution in [0.2, 0.25) is 5.02 Å². The number of anilines is 2. The number of thioether (sulfide) groups is 1. The lowest BCUT2D eigenvalue weighted by molar-refractivity contribution is -0.113. The molecule has 4 rings (SSSR count). The molecule has 1 aromatic heterocycles. The predicted molar refractivity (Wildman–Crippen MR) is 125 cm³/mol. The van der Waals surface area contributed by atoms with E-state index in [0.717, 1.165) is 14.6 Å². The first-order valence-corrected chi connectivity index (χ1v) is 11.3. The summed E-state index contributed by atoms with van der Waals surface area (Å²) in [4.78, 5) is 29.0. The number of halogens is 2. The van der Waals surface area contributed by atoms with E-state index in [4.69, 9.17) is 11.6 Å². The number of para-hydroxylation sites is 1. The average molecular weight is 472 g/mol. The normalized spacial score (nSPS) is 10.8. The summed E-state index contributed by atoms with van der Waals surface area (Å²) in [6.07, 6.45) is 0. The van der Waals surface area contributed by atoms with Gasteiger partial charge in [-0.3, -0.25) is 9.59 Å². The van der Waals surface area contributed by atoms with Crippen molar-refractivity contribution in [1.29, 1.82) is 0 Å². The van der Waals surface area contributed by atoms with Gasteiger partial charge in [-0.1, -0.05) is 41.6 Å². The van der Waals surface area contributed by atoms with Crippen molar-refractivity contribution >= 4 is 68.1 Å². The molecule has 0 unspecified atom stereocenters. The van der Waals surface area contributed by atoms with Crippen LogP contribution in [0, 0.1) is 5.82 Å². The Labute approximate surface area is 190 Å². The van der Waals surface area contributed by atoms with Crippen LogP contribution >= 0.6 is 34.7 Å². The second kappa shape index (κ2) is 9.47. The maximum absolute atomic E-state index is 13.3. The number of hydrogen-bond donors (Lipinski definition) is 2. The van der Waals surface area contributed by atoms with Gasteiger partial charge in [0.1, 0.15) is 5.82 Å². The van der Waals surface area contributed by atoms with Gasteiger partial charge >= 0.3 is 0 Å². The Balaban J connectivity index is 1.40. The summed E-state index contributed by atoms with van der Waals surface area (Å²) in [7, 11) is 0. The average Bonchev–Trinajstić information content (AvgIpc) is 3.16. The van der Waals surface area contributed by atoms with Gasteiger partial charge < -0.3 is 10.6 Å². The number of thiazole rings is 1. The van der Waals surface area contributed by atoms with Gasteiger partial charge in [-0.15, -0.1) is 11.3 Å². The number of aromatic nitrogens is 1. The fraction of sp³-hybridized carbons (Fsp3) is 0.0455. The van der Waals surface area contributed by atoms with Crippen molar-refractivity contribution in [2.24, 2.45) is 0 Å². The van der Waals surface area contributed by atoms with Crippen molar-refractivity contribution in [1.82, 2.24) is 4.98 Å². The topological polar surface area (TPSA) is 71.1 Å². The molecule has 156 valence electrons. The number of amides is 2. The number of fused-ring (bicyclic) bond motifs is 1. The quantitative estimate of drug-likeness (QED) is 0.335. The summed E-state index contributed by atoms with van der Waals surface area (Å²) in [6.45, 7) is 0. The second-order valence-electron chi connectivity index (χ2n) is 6.44. The van der Waals surface area contributed by atoms with Crippen molar-refractivity contribution in [2.75, 3.05) is 16.4 Å². The highest BCUT2D eigenvalue weighted by molar-refractivity contribution is 8.01. The van der Waals surface area contributed by atoms with Gasteiger partial charge in [0, 0.05) is 11.3 Å². The zero-order valence-corrected chi connectivity index (χ0v) is 18.3. The Bertz CT molecular complexity index is 1280. The summed E-state index contributed by atoms with van der Waals surface area (Å²) in [6, 6.07) is 17.9. The van der Waals surface area contributed by atoms with E-state index < -0.39 is 11.7 Å². The van der Waals surface area contributed by atoms with Crippen molar-refractivity contribution in [3.63, 3.8) is 0 Å². The molecule has 0 atom stereocenters. The molecule has 2 amide bonds. The third-order valence-electron chi connectivity index (χ3n) is 4.19. The van der Waals surface area contributed by atoms with Gasteiger partial charge in [-0.2, -0.15) is 0 Å². The Kier molecular flexibility index (Phi) is 6.50. The maximum atomic E-state index is 13.3. The van der Waals surface area contributed by atoms with E-state index >= 15 is 0 Å².